The predicted octanol–water partition coefficient (Wildman–Crippen LogP) is 2.53. The molecule has 0 saturated carbocycles. The minimum absolute atomic E-state index is 0.161. The molecule has 2 saturated heterocycles. The summed E-state index contributed by atoms with van der Waals surface area (Å²) in [6.45, 7) is -0.255. The molecule has 0 aliphatic carbocycles. The van der Waals surface area contributed by atoms with Gasteiger partial charge in [0.2, 0.25) is 10.0 Å². The van der Waals surface area contributed by atoms with Crippen molar-refractivity contribution in [3.63, 3.8) is 0 Å². The van der Waals surface area contributed by atoms with Crippen molar-refractivity contribution >= 4 is 27.6 Å². The zero-order valence-electron chi connectivity index (χ0n) is 31.3. The number of aryl methyl sites for hydroxylation is 1. The summed E-state index contributed by atoms with van der Waals surface area (Å²) in [5, 5.41) is 50.2. The largest absolute Gasteiger partial charge is 0.416 e. The van der Waals surface area contributed by atoms with Gasteiger partial charge in [-0.05, 0) is 60.5 Å². The number of alkyl halides is 3. The van der Waals surface area contributed by atoms with Crippen LogP contribution < -0.4 is 20.7 Å². The van der Waals surface area contributed by atoms with Crippen LogP contribution in [0.25, 0.3) is 11.1 Å². The van der Waals surface area contributed by atoms with Crippen molar-refractivity contribution in [3.05, 3.63) is 120 Å². The minimum atomic E-state index is -4.71. The maximum Gasteiger partial charge on any atom is 0.416 e. The van der Waals surface area contributed by atoms with E-state index in [0.29, 0.717) is 6.07 Å². The lowest BCUT2D eigenvalue weighted by Crippen LogP contribution is -2.70. The van der Waals surface area contributed by atoms with E-state index in [1.165, 1.54) is 30.3 Å². The van der Waals surface area contributed by atoms with Gasteiger partial charge in [-0.2, -0.15) is 13.2 Å². The monoisotopic (exact) mass is 844 g/mol. The number of carbonyl (C=O) groups excluding carboxylic acids is 2. The average molecular weight is 845 g/mol. The number of aliphatic hydroxyl groups excluding tert-OH is 4. The van der Waals surface area contributed by atoms with E-state index in [2.05, 4.69) is 20.7 Å². The fourth-order valence-corrected chi connectivity index (χ4v) is 8.00. The number of halogens is 3. The molecule has 9 atom stereocenters. The van der Waals surface area contributed by atoms with Crippen LogP contribution in [0.1, 0.15) is 21.5 Å². The Balaban J connectivity index is 1.33. The maximum atomic E-state index is 13.8. The molecule has 6 rings (SSSR count). The molecule has 4 aromatic carbocycles. The van der Waals surface area contributed by atoms with Crippen LogP contribution in [0, 0.1) is 6.92 Å². The molecule has 8 N–H and O–H groups in total. The molecule has 0 aromatic heterocycles. The fourth-order valence-electron chi connectivity index (χ4n) is 6.76. The highest BCUT2D eigenvalue weighted by Crippen LogP contribution is 2.32. The van der Waals surface area contributed by atoms with Crippen LogP contribution in [0.3, 0.4) is 0 Å². The Hall–Kier alpha value is -4.96. The van der Waals surface area contributed by atoms with Gasteiger partial charge in [-0.25, -0.2) is 17.9 Å². The molecule has 4 aromatic rings. The Labute approximate surface area is 337 Å². The van der Waals surface area contributed by atoms with Gasteiger partial charge < -0.3 is 50.6 Å². The third kappa shape index (κ3) is 10.4. The van der Waals surface area contributed by atoms with Crippen LogP contribution in [0.2, 0.25) is 0 Å². The summed E-state index contributed by atoms with van der Waals surface area (Å²) >= 11 is 0. The summed E-state index contributed by atoms with van der Waals surface area (Å²) in [5.74, 6) is -0.691. The lowest BCUT2D eigenvalue weighted by molar-refractivity contribution is -0.292. The average Bonchev–Trinajstić information content (AvgIpc) is 3.21. The zero-order chi connectivity index (χ0) is 42.5. The third-order valence-electron chi connectivity index (χ3n) is 9.93. The third-order valence-corrected chi connectivity index (χ3v) is 11.4. The number of ether oxygens (including phenoxy) is 3. The van der Waals surface area contributed by atoms with Crippen molar-refractivity contribution in [1.82, 2.24) is 15.4 Å². The summed E-state index contributed by atoms with van der Waals surface area (Å²) < 4.78 is 87.8. The van der Waals surface area contributed by atoms with E-state index in [9.17, 15) is 51.6 Å². The lowest BCUT2D eigenvalue weighted by Gasteiger charge is -2.47. The van der Waals surface area contributed by atoms with Crippen molar-refractivity contribution in [1.29, 1.82) is 0 Å². The van der Waals surface area contributed by atoms with E-state index in [-0.39, 0.29) is 16.1 Å². The van der Waals surface area contributed by atoms with Crippen LogP contribution in [-0.4, -0.2) is 116 Å². The maximum absolute atomic E-state index is 13.8. The SMILES string of the molecule is Cc1ccc(S(=O)(=O)N[C@H]2[C@H](O[C@H]3[C@@H](NC(=O)c4ccc(-c5ccccc5)cc4)[C@@H](CO)OC[C@@H]3NC(=O)Nc3cccc(C(F)(F)F)c3)O[C@H](CO)[C@@H](O)[C@@H]2O)cc1. The second kappa shape index (κ2) is 18.5. The van der Waals surface area contributed by atoms with E-state index in [0.717, 1.165) is 28.8 Å². The number of anilines is 1. The molecule has 0 bridgehead atoms. The number of amides is 3. The van der Waals surface area contributed by atoms with Crippen LogP contribution in [0.4, 0.5) is 23.7 Å². The first-order valence-electron chi connectivity index (χ1n) is 18.4. The molecular formula is C40H43F3N4O11S. The zero-order valence-corrected chi connectivity index (χ0v) is 32.1. The molecule has 316 valence electrons. The van der Waals surface area contributed by atoms with Gasteiger partial charge in [0, 0.05) is 11.3 Å². The topological polar surface area (TPSA) is 225 Å². The van der Waals surface area contributed by atoms with E-state index < -0.39 is 108 Å². The minimum Gasteiger partial charge on any atom is -0.394 e. The van der Waals surface area contributed by atoms with Gasteiger partial charge in [0.25, 0.3) is 5.91 Å². The second-order valence-corrected chi connectivity index (χ2v) is 15.8. The number of aliphatic hydroxyl groups is 4. The Morgan fingerprint density at radius 1 is 0.814 bits per heavy atom. The van der Waals surface area contributed by atoms with Gasteiger partial charge in [-0.1, -0.05) is 66.2 Å². The number of nitrogens with one attached hydrogen (secondary N) is 4. The van der Waals surface area contributed by atoms with Gasteiger partial charge in [0.1, 0.15) is 36.6 Å². The molecule has 3 amide bonds. The Morgan fingerprint density at radius 3 is 2.12 bits per heavy atom. The molecule has 0 radical (unpaired) electrons. The molecule has 0 unspecified atom stereocenters. The number of rotatable bonds is 12. The highest BCUT2D eigenvalue weighted by Gasteiger charge is 2.51. The molecule has 19 heteroatoms. The summed E-state index contributed by atoms with van der Waals surface area (Å²) in [5.41, 5.74) is 1.35. The first kappa shape index (κ1) is 43.6. The second-order valence-electron chi connectivity index (χ2n) is 14.0. The van der Waals surface area contributed by atoms with Crippen LogP contribution in [0.15, 0.2) is 108 Å². The number of hydrogen-bond donors (Lipinski definition) is 8. The van der Waals surface area contributed by atoms with Crippen molar-refractivity contribution in [2.24, 2.45) is 0 Å². The predicted molar refractivity (Wildman–Crippen MR) is 205 cm³/mol. The van der Waals surface area contributed by atoms with Crippen LogP contribution in [-0.2, 0) is 30.4 Å². The fraction of sp³-hybridized carbons (Fsp3) is 0.350. The number of hydrogen-bond acceptors (Lipinski definition) is 11. The quantitative estimate of drug-likeness (QED) is 0.104. The first-order valence-corrected chi connectivity index (χ1v) is 19.9. The summed E-state index contributed by atoms with van der Waals surface area (Å²) in [7, 11) is -4.46. The Morgan fingerprint density at radius 2 is 1.47 bits per heavy atom. The number of carbonyl (C=O) groups is 2. The lowest BCUT2D eigenvalue weighted by atomic mass is 9.93. The number of urea groups is 1. The molecule has 15 nitrogen and oxygen atoms in total. The van der Waals surface area contributed by atoms with Gasteiger partial charge in [-0.3, -0.25) is 4.79 Å². The Kier molecular flexibility index (Phi) is 13.7. The van der Waals surface area contributed by atoms with E-state index in [4.69, 9.17) is 14.2 Å². The van der Waals surface area contributed by atoms with Crippen LogP contribution >= 0.6 is 0 Å². The standard InChI is InChI=1S/C40H43F3N4O11S/c1-22-10-16-28(17-11-22)59(54,55)47-33-35(51)34(50)31(20-49)57-38(33)58-36-29(45-39(53)44-27-9-5-8-26(18-27)40(41,42)43)21-56-30(19-48)32(36)46-37(52)25-14-12-24(13-15-25)23-6-3-2-4-7-23/h2-18,29-36,38,47-51H,19-21H2,1H3,(H,46,52)(H2,44,45,53)/t29-,30+,31+,32-,33+,34+,35+,36+,38-/m0/s1. The van der Waals surface area contributed by atoms with E-state index in [1.54, 1.807) is 31.2 Å². The highest BCUT2D eigenvalue weighted by molar-refractivity contribution is 7.89. The van der Waals surface area contributed by atoms with E-state index in [1.807, 2.05) is 30.3 Å². The van der Waals surface area contributed by atoms with Gasteiger partial charge in [-0.15, -0.1) is 0 Å². The van der Waals surface area contributed by atoms with Crippen LogP contribution in [0.5, 0.6) is 0 Å². The normalized spacial score (nSPS) is 26.1. The van der Waals surface area contributed by atoms with Gasteiger partial charge >= 0.3 is 12.2 Å². The molecule has 2 aliphatic rings. The number of sulfonamides is 1. The molecule has 2 fully saturated rings. The Bertz CT molecular complexity index is 2170. The smallest absolute Gasteiger partial charge is 0.394 e. The molecule has 59 heavy (non-hydrogen) atoms. The highest BCUT2D eigenvalue weighted by atomic mass is 32.2. The van der Waals surface area contributed by atoms with E-state index >= 15 is 0 Å². The van der Waals surface area contributed by atoms with Crippen molar-refractivity contribution < 1.29 is 65.8 Å². The van der Waals surface area contributed by atoms with Crippen molar-refractivity contribution in [3.8, 4) is 11.1 Å². The molecule has 2 aliphatic heterocycles. The van der Waals surface area contributed by atoms with Crippen molar-refractivity contribution in [2.45, 2.75) is 72.9 Å². The summed E-state index contributed by atoms with van der Waals surface area (Å²) in [6.07, 6.45) is -14.6. The van der Waals surface area contributed by atoms with Gasteiger partial charge in [0.05, 0.1) is 42.4 Å². The van der Waals surface area contributed by atoms with Gasteiger partial charge in [0.15, 0.2) is 6.29 Å². The summed E-state index contributed by atoms with van der Waals surface area (Å²) in [6, 6.07) is 19.9. The molecule has 0 spiro atoms. The molecular weight excluding hydrogens is 802 g/mol. The van der Waals surface area contributed by atoms with Crippen molar-refractivity contribution in [2.75, 3.05) is 25.1 Å². The number of benzene rings is 4. The summed E-state index contributed by atoms with van der Waals surface area (Å²) in [4.78, 5) is 27.0. The first-order chi connectivity index (χ1) is 28.1. The molecule has 2 heterocycles.